The maximum Gasteiger partial charge on any atom is 0.312 e. The number of morpholine rings is 1. The molecule has 2 aromatic rings. The fraction of sp³-hybridized carbons (Fsp3) is 0.421. The zero-order valence-corrected chi connectivity index (χ0v) is 14.9. The Morgan fingerprint density at radius 3 is 2.84 bits per heavy atom. The van der Waals surface area contributed by atoms with Crippen LogP contribution in [-0.4, -0.2) is 55.4 Å². The Labute approximate surface area is 151 Å². The predicted molar refractivity (Wildman–Crippen MR) is 97.6 cm³/mol. The molecule has 1 aliphatic rings. The van der Waals surface area contributed by atoms with Crippen molar-refractivity contribution in [3.05, 3.63) is 52.2 Å². The predicted octanol–water partition coefficient (Wildman–Crippen LogP) is 2.87. The molecule has 2 heterocycles. The summed E-state index contributed by atoms with van der Waals surface area (Å²) >= 11 is 1.48. The van der Waals surface area contributed by atoms with Crippen LogP contribution in [0.3, 0.4) is 0 Å². The molecule has 1 aromatic heterocycles. The summed E-state index contributed by atoms with van der Waals surface area (Å²) < 4.78 is 11.2. The van der Waals surface area contributed by atoms with Gasteiger partial charge in [-0.1, -0.05) is 18.2 Å². The smallest absolute Gasteiger partial charge is 0.312 e. The Bertz CT molecular complexity index is 668. The van der Waals surface area contributed by atoms with Crippen LogP contribution in [-0.2, 0) is 16.0 Å². The summed E-state index contributed by atoms with van der Waals surface area (Å²) in [6.45, 7) is 4.97. The van der Waals surface area contributed by atoms with Crippen molar-refractivity contribution in [2.24, 2.45) is 0 Å². The van der Waals surface area contributed by atoms with Gasteiger partial charge in [-0.05, 0) is 35.6 Å². The second-order valence-corrected chi connectivity index (χ2v) is 7.04. The highest BCUT2D eigenvalue weighted by molar-refractivity contribution is 7.10. The molecular formula is C19H23NO4S. The quantitative estimate of drug-likeness (QED) is 0.783. The van der Waals surface area contributed by atoms with Gasteiger partial charge >= 0.3 is 5.97 Å². The third-order valence-electron chi connectivity index (χ3n) is 4.30. The molecule has 0 bridgehead atoms. The van der Waals surface area contributed by atoms with Crippen LogP contribution >= 0.6 is 11.3 Å². The molecule has 0 aliphatic carbocycles. The number of carboxylic acid groups (broad SMARTS) is 1. The van der Waals surface area contributed by atoms with Gasteiger partial charge in [0.1, 0.15) is 12.4 Å². The topological polar surface area (TPSA) is 59.0 Å². The molecule has 1 unspecified atom stereocenters. The lowest BCUT2D eigenvalue weighted by Gasteiger charge is -2.26. The highest BCUT2D eigenvalue weighted by atomic mass is 32.1. The number of hydrogen-bond donors (Lipinski definition) is 1. The van der Waals surface area contributed by atoms with Crippen molar-refractivity contribution in [2.75, 3.05) is 39.5 Å². The number of benzene rings is 1. The molecular weight excluding hydrogens is 338 g/mol. The van der Waals surface area contributed by atoms with Crippen LogP contribution in [0.5, 0.6) is 5.75 Å². The molecule has 0 radical (unpaired) electrons. The average molecular weight is 361 g/mol. The minimum atomic E-state index is -0.791. The lowest BCUT2D eigenvalue weighted by atomic mass is 9.98. The third kappa shape index (κ3) is 5.29. The van der Waals surface area contributed by atoms with E-state index < -0.39 is 11.9 Å². The highest BCUT2D eigenvalue weighted by Crippen LogP contribution is 2.26. The number of nitrogens with zero attached hydrogens (tertiary/aromatic N) is 1. The molecule has 1 aromatic carbocycles. The third-order valence-corrected chi connectivity index (χ3v) is 5.29. The van der Waals surface area contributed by atoms with Gasteiger partial charge in [0.05, 0.1) is 19.1 Å². The maximum atomic E-state index is 11.6. The Hall–Kier alpha value is -1.89. The first-order valence-electron chi connectivity index (χ1n) is 8.50. The SMILES string of the molecule is O=C(O)C(Cc1cccc(OCCN2CCOCC2)c1)c1cccs1. The van der Waals surface area contributed by atoms with Crippen LogP contribution in [0.2, 0.25) is 0 Å². The fourth-order valence-corrected chi connectivity index (χ4v) is 3.73. The summed E-state index contributed by atoms with van der Waals surface area (Å²) in [5.74, 6) is -0.509. The number of carboxylic acids is 1. The number of carbonyl (C=O) groups is 1. The lowest BCUT2D eigenvalue weighted by Crippen LogP contribution is -2.38. The van der Waals surface area contributed by atoms with Crippen molar-refractivity contribution in [1.82, 2.24) is 4.90 Å². The Kier molecular flexibility index (Phi) is 6.44. The first kappa shape index (κ1) is 17.9. The summed E-state index contributed by atoms with van der Waals surface area (Å²) in [6.07, 6.45) is 0.469. The standard InChI is InChI=1S/C19H23NO4S/c21-19(22)17(18-5-2-12-25-18)14-15-3-1-4-16(13-15)24-11-8-20-6-9-23-10-7-20/h1-5,12-13,17H,6-11,14H2,(H,21,22). The van der Waals surface area contributed by atoms with E-state index in [1.807, 2.05) is 41.8 Å². The van der Waals surface area contributed by atoms with Crippen molar-refractivity contribution >= 4 is 17.3 Å². The minimum Gasteiger partial charge on any atom is -0.492 e. The Morgan fingerprint density at radius 2 is 2.12 bits per heavy atom. The van der Waals surface area contributed by atoms with Crippen molar-refractivity contribution in [2.45, 2.75) is 12.3 Å². The average Bonchev–Trinajstić information content (AvgIpc) is 3.15. The Balaban J connectivity index is 1.56. The van der Waals surface area contributed by atoms with Crippen LogP contribution in [0.15, 0.2) is 41.8 Å². The number of hydrogen-bond acceptors (Lipinski definition) is 5. The second kappa shape index (κ2) is 8.99. The molecule has 1 atom stereocenters. The van der Waals surface area contributed by atoms with E-state index >= 15 is 0 Å². The first-order valence-corrected chi connectivity index (χ1v) is 9.38. The molecule has 0 spiro atoms. The molecule has 0 amide bonds. The van der Waals surface area contributed by atoms with Gasteiger partial charge in [-0.25, -0.2) is 0 Å². The summed E-state index contributed by atoms with van der Waals surface area (Å²) in [4.78, 5) is 14.8. The molecule has 0 saturated carbocycles. The van der Waals surface area contributed by atoms with Crippen molar-refractivity contribution < 1.29 is 19.4 Å². The molecule has 1 saturated heterocycles. The number of rotatable bonds is 8. The van der Waals surface area contributed by atoms with Crippen LogP contribution in [0, 0.1) is 0 Å². The van der Waals surface area contributed by atoms with Gasteiger partial charge in [-0.15, -0.1) is 11.3 Å². The fourth-order valence-electron chi connectivity index (χ4n) is 2.91. The zero-order chi connectivity index (χ0) is 17.5. The molecule has 3 rings (SSSR count). The van der Waals surface area contributed by atoms with Gasteiger partial charge in [-0.3, -0.25) is 9.69 Å². The second-order valence-electron chi connectivity index (χ2n) is 6.06. The van der Waals surface area contributed by atoms with Gasteiger partial charge < -0.3 is 14.6 Å². The van der Waals surface area contributed by atoms with Crippen LogP contribution in [0.1, 0.15) is 16.4 Å². The zero-order valence-electron chi connectivity index (χ0n) is 14.1. The summed E-state index contributed by atoms with van der Waals surface area (Å²) in [5.41, 5.74) is 0.977. The van der Waals surface area contributed by atoms with E-state index in [2.05, 4.69) is 4.90 Å². The van der Waals surface area contributed by atoms with Crippen LogP contribution < -0.4 is 4.74 Å². The number of thiophene rings is 1. The van der Waals surface area contributed by atoms with E-state index in [0.29, 0.717) is 13.0 Å². The molecule has 1 fully saturated rings. The maximum absolute atomic E-state index is 11.6. The van der Waals surface area contributed by atoms with Gasteiger partial charge in [-0.2, -0.15) is 0 Å². The molecule has 134 valence electrons. The molecule has 1 aliphatic heterocycles. The highest BCUT2D eigenvalue weighted by Gasteiger charge is 2.21. The van der Waals surface area contributed by atoms with Crippen molar-refractivity contribution in [1.29, 1.82) is 0 Å². The van der Waals surface area contributed by atoms with Crippen LogP contribution in [0.25, 0.3) is 0 Å². The number of aliphatic carboxylic acids is 1. The lowest BCUT2D eigenvalue weighted by molar-refractivity contribution is -0.138. The van der Waals surface area contributed by atoms with E-state index in [9.17, 15) is 9.90 Å². The normalized spacial score (nSPS) is 16.5. The van der Waals surface area contributed by atoms with E-state index in [1.165, 1.54) is 11.3 Å². The van der Waals surface area contributed by atoms with E-state index in [1.54, 1.807) is 0 Å². The van der Waals surface area contributed by atoms with Gasteiger partial charge in [0.25, 0.3) is 0 Å². The van der Waals surface area contributed by atoms with Gasteiger partial charge in [0, 0.05) is 24.5 Å². The van der Waals surface area contributed by atoms with E-state index in [4.69, 9.17) is 9.47 Å². The van der Waals surface area contributed by atoms with Crippen molar-refractivity contribution in [3.8, 4) is 5.75 Å². The summed E-state index contributed by atoms with van der Waals surface area (Å²) in [5, 5.41) is 11.4. The Morgan fingerprint density at radius 1 is 1.28 bits per heavy atom. The monoisotopic (exact) mass is 361 g/mol. The van der Waals surface area contributed by atoms with E-state index in [-0.39, 0.29) is 0 Å². The van der Waals surface area contributed by atoms with Gasteiger partial charge in [0.2, 0.25) is 0 Å². The summed E-state index contributed by atoms with van der Waals surface area (Å²) in [7, 11) is 0. The van der Waals surface area contributed by atoms with Crippen molar-refractivity contribution in [3.63, 3.8) is 0 Å². The molecule has 1 N–H and O–H groups in total. The molecule has 5 nitrogen and oxygen atoms in total. The summed E-state index contributed by atoms with van der Waals surface area (Å²) in [6, 6.07) is 11.5. The first-order chi connectivity index (χ1) is 12.2. The van der Waals surface area contributed by atoms with Gasteiger partial charge in [0.15, 0.2) is 0 Å². The van der Waals surface area contributed by atoms with E-state index in [0.717, 1.165) is 49.0 Å². The molecule has 25 heavy (non-hydrogen) atoms. The van der Waals surface area contributed by atoms with Crippen LogP contribution in [0.4, 0.5) is 0 Å². The largest absolute Gasteiger partial charge is 0.492 e. The molecule has 6 heteroatoms. The number of ether oxygens (including phenoxy) is 2. The minimum absolute atomic E-state index is 0.469.